The molecule has 0 aliphatic rings. The Bertz CT molecular complexity index is 443. The van der Waals surface area contributed by atoms with Crippen molar-refractivity contribution in [2.45, 2.75) is 20.4 Å². The van der Waals surface area contributed by atoms with E-state index in [-0.39, 0.29) is 0 Å². The first-order valence-electron chi connectivity index (χ1n) is 4.41. The zero-order valence-electron chi connectivity index (χ0n) is 7.92. The van der Waals surface area contributed by atoms with Gasteiger partial charge in [0.2, 0.25) is 0 Å². The first kappa shape index (κ1) is 8.32. The van der Waals surface area contributed by atoms with Crippen molar-refractivity contribution in [3.05, 3.63) is 35.1 Å². The van der Waals surface area contributed by atoms with Crippen molar-refractivity contribution in [3.63, 3.8) is 0 Å². The van der Waals surface area contributed by atoms with E-state index in [9.17, 15) is 0 Å². The molecule has 2 nitrogen and oxygen atoms in total. The lowest BCUT2D eigenvalue weighted by atomic mass is 10.1. The average molecular weight is 175 g/mol. The molecule has 1 aromatic heterocycles. The molecule has 2 N–H and O–H groups in total. The lowest BCUT2D eigenvalue weighted by molar-refractivity contribution is 0.547. The fourth-order valence-corrected chi connectivity index (χ4v) is 1.63. The smallest absolute Gasteiger partial charge is 0.137 e. The number of fused-ring (bicyclic) bond motifs is 1. The van der Waals surface area contributed by atoms with E-state index < -0.39 is 0 Å². The molecular weight excluding hydrogens is 162 g/mol. The van der Waals surface area contributed by atoms with Gasteiger partial charge in [0.1, 0.15) is 11.3 Å². The number of benzene rings is 1. The Morgan fingerprint density at radius 3 is 2.69 bits per heavy atom. The molecule has 0 saturated heterocycles. The highest BCUT2D eigenvalue weighted by molar-refractivity contribution is 5.84. The van der Waals surface area contributed by atoms with Crippen LogP contribution in [0.4, 0.5) is 0 Å². The van der Waals surface area contributed by atoms with E-state index >= 15 is 0 Å². The fourth-order valence-electron chi connectivity index (χ4n) is 1.63. The summed E-state index contributed by atoms with van der Waals surface area (Å²) < 4.78 is 5.65. The van der Waals surface area contributed by atoms with Crippen LogP contribution in [-0.2, 0) is 6.54 Å². The van der Waals surface area contributed by atoms with E-state index in [2.05, 4.69) is 6.07 Å². The molecule has 0 amide bonds. The summed E-state index contributed by atoms with van der Waals surface area (Å²) in [6.45, 7) is 4.57. The van der Waals surface area contributed by atoms with E-state index in [0.29, 0.717) is 6.54 Å². The predicted molar refractivity (Wildman–Crippen MR) is 53.6 cm³/mol. The van der Waals surface area contributed by atoms with Crippen LogP contribution >= 0.6 is 0 Å². The number of para-hydroxylation sites is 1. The van der Waals surface area contributed by atoms with E-state index in [1.807, 2.05) is 26.0 Å². The molecule has 1 aromatic carbocycles. The molecule has 0 spiro atoms. The van der Waals surface area contributed by atoms with Crippen LogP contribution in [0.3, 0.4) is 0 Å². The molecule has 0 radical (unpaired) electrons. The van der Waals surface area contributed by atoms with Gasteiger partial charge in [-0.1, -0.05) is 18.2 Å². The molecule has 0 bridgehead atoms. The van der Waals surface area contributed by atoms with Crippen LogP contribution in [0.15, 0.2) is 22.6 Å². The Morgan fingerprint density at radius 1 is 1.31 bits per heavy atom. The van der Waals surface area contributed by atoms with Crippen LogP contribution in [0.2, 0.25) is 0 Å². The van der Waals surface area contributed by atoms with Gasteiger partial charge in [0, 0.05) is 5.39 Å². The van der Waals surface area contributed by atoms with Gasteiger partial charge in [-0.2, -0.15) is 0 Å². The number of nitrogens with two attached hydrogens (primary N) is 1. The highest BCUT2D eigenvalue weighted by Crippen LogP contribution is 2.26. The summed E-state index contributed by atoms with van der Waals surface area (Å²) in [5.41, 5.74) is 8.88. The monoisotopic (exact) mass is 175 g/mol. The summed E-state index contributed by atoms with van der Waals surface area (Å²) in [5, 5.41) is 1.18. The molecule has 1 heterocycles. The van der Waals surface area contributed by atoms with Crippen LogP contribution in [0.25, 0.3) is 11.0 Å². The van der Waals surface area contributed by atoms with E-state index in [0.717, 1.165) is 11.3 Å². The van der Waals surface area contributed by atoms with Gasteiger partial charge in [0.05, 0.1) is 6.54 Å². The molecule has 0 unspecified atom stereocenters. The molecule has 2 heteroatoms. The second kappa shape index (κ2) is 2.89. The summed E-state index contributed by atoms with van der Waals surface area (Å²) in [6, 6.07) is 6.16. The molecule has 2 aromatic rings. The van der Waals surface area contributed by atoms with Crippen molar-refractivity contribution < 1.29 is 4.42 Å². The largest absolute Gasteiger partial charge is 0.459 e. The van der Waals surface area contributed by atoms with Gasteiger partial charge in [-0.3, -0.25) is 0 Å². The van der Waals surface area contributed by atoms with Crippen molar-refractivity contribution in [1.82, 2.24) is 0 Å². The van der Waals surface area contributed by atoms with Crippen LogP contribution < -0.4 is 5.73 Å². The quantitative estimate of drug-likeness (QED) is 0.723. The van der Waals surface area contributed by atoms with Crippen molar-refractivity contribution >= 4 is 11.0 Å². The SMILES string of the molecule is Cc1c(CN)oc2c(C)cccc12. The number of hydrogen-bond donors (Lipinski definition) is 1. The fraction of sp³-hybridized carbons (Fsp3) is 0.273. The van der Waals surface area contributed by atoms with Crippen LogP contribution in [0.5, 0.6) is 0 Å². The Balaban J connectivity index is 2.83. The normalized spacial score (nSPS) is 11.0. The van der Waals surface area contributed by atoms with Gasteiger partial charge >= 0.3 is 0 Å². The Kier molecular flexibility index (Phi) is 1.85. The molecule has 0 aliphatic heterocycles. The molecule has 2 rings (SSSR count). The number of rotatable bonds is 1. The minimum absolute atomic E-state index is 0.472. The molecule has 68 valence electrons. The molecular formula is C11H13NO. The summed E-state index contributed by atoms with van der Waals surface area (Å²) in [7, 11) is 0. The van der Waals surface area contributed by atoms with Gasteiger partial charge in [0.15, 0.2) is 0 Å². The highest BCUT2D eigenvalue weighted by atomic mass is 16.3. The maximum Gasteiger partial charge on any atom is 0.137 e. The first-order chi connectivity index (χ1) is 6.24. The lowest BCUT2D eigenvalue weighted by Crippen LogP contribution is -1.95. The summed E-state index contributed by atoms with van der Waals surface area (Å²) in [6.07, 6.45) is 0. The van der Waals surface area contributed by atoms with Crippen molar-refractivity contribution in [3.8, 4) is 0 Å². The van der Waals surface area contributed by atoms with Crippen LogP contribution in [0.1, 0.15) is 16.9 Å². The third kappa shape index (κ3) is 1.14. The zero-order chi connectivity index (χ0) is 9.42. The van der Waals surface area contributed by atoms with Gasteiger partial charge in [-0.25, -0.2) is 0 Å². The standard InChI is InChI=1S/C11H13NO/c1-7-4-3-5-9-8(2)10(6-12)13-11(7)9/h3-5H,6,12H2,1-2H3. The zero-order valence-corrected chi connectivity index (χ0v) is 7.92. The molecule has 0 atom stereocenters. The van der Waals surface area contributed by atoms with Gasteiger partial charge < -0.3 is 10.2 Å². The second-order valence-corrected chi connectivity index (χ2v) is 3.31. The number of furan rings is 1. The number of aryl methyl sites for hydroxylation is 2. The van der Waals surface area contributed by atoms with Gasteiger partial charge in [-0.15, -0.1) is 0 Å². The Labute approximate surface area is 77.3 Å². The maximum atomic E-state index is 5.65. The van der Waals surface area contributed by atoms with Crippen molar-refractivity contribution in [2.75, 3.05) is 0 Å². The highest BCUT2D eigenvalue weighted by Gasteiger charge is 2.09. The van der Waals surface area contributed by atoms with E-state index in [1.54, 1.807) is 0 Å². The molecule has 0 saturated carbocycles. The minimum atomic E-state index is 0.472. The summed E-state index contributed by atoms with van der Waals surface area (Å²) in [5.74, 6) is 0.893. The van der Waals surface area contributed by atoms with Crippen LogP contribution in [0, 0.1) is 13.8 Å². The molecule has 13 heavy (non-hydrogen) atoms. The second-order valence-electron chi connectivity index (χ2n) is 3.31. The topological polar surface area (TPSA) is 39.2 Å². The molecule has 0 aliphatic carbocycles. The summed E-state index contributed by atoms with van der Waals surface area (Å²) in [4.78, 5) is 0. The average Bonchev–Trinajstić information content (AvgIpc) is 2.45. The minimum Gasteiger partial charge on any atom is -0.459 e. The van der Waals surface area contributed by atoms with Crippen molar-refractivity contribution in [2.24, 2.45) is 5.73 Å². The van der Waals surface area contributed by atoms with Gasteiger partial charge in [-0.05, 0) is 25.0 Å². The third-order valence-electron chi connectivity index (χ3n) is 2.44. The van der Waals surface area contributed by atoms with Crippen LogP contribution in [-0.4, -0.2) is 0 Å². The number of hydrogen-bond acceptors (Lipinski definition) is 2. The molecule has 0 fully saturated rings. The first-order valence-corrected chi connectivity index (χ1v) is 4.41. The Morgan fingerprint density at radius 2 is 2.08 bits per heavy atom. The maximum absolute atomic E-state index is 5.65. The predicted octanol–water partition coefficient (Wildman–Crippen LogP) is 2.51. The van der Waals surface area contributed by atoms with Gasteiger partial charge in [0.25, 0.3) is 0 Å². The van der Waals surface area contributed by atoms with E-state index in [4.69, 9.17) is 10.2 Å². The summed E-state index contributed by atoms with van der Waals surface area (Å²) >= 11 is 0. The third-order valence-corrected chi connectivity index (χ3v) is 2.44. The Hall–Kier alpha value is -1.28. The lowest BCUT2D eigenvalue weighted by Gasteiger charge is -1.92. The van der Waals surface area contributed by atoms with E-state index in [1.165, 1.54) is 16.5 Å². The van der Waals surface area contributed by atoms with Crippen molar-refractivity contribution in [1.29, 1.82) is 0 Å².